The number of nitrogens with two attached hydrogens (primary N) is 1. The van der Waals surface area contributed by atoms with Crippen molar-refractivity contribution >= 4 is 17.0 Å². The summed E-state index contributed by atoms with van der Waals surface area (Å²) in [5.41, 5.74) is 9.47. The number of rotatable bonds is 4. The fourth-order valence-electron chi connectivity index (χ4n) is 5.72. The molecule has 2 aliphatic heterocycles. The van der Waals surface area contributed by atoms with E-state index < -0.39 is 0 Å². The van der Waals surface area contributed by atoms with Crippen LogP contribution in [0.3, 0.4) is 0 Å². The topological polar surface area (TPSA) is 72.5 Å². The number of pyridine rings is 1. The number of aromatic nitrogens is 1. The van der Waals surface area contributed by atoms with Crippen LogP contribution in [0.2, 0.25) is 0 Å². The van der Waals surface area contributed by atoms with Crippen molar-refractivity contribution in [1.29, 1.82) is 5.41 Å². The molecule has 1 spiro atoms. The molecule has 0 radical (unpaired) electrons. The Morgan fingerprint density at radius 2 is 1.93 bits per heavy atom. The number of likely N-dealkylation sites (tertiary alicyclic amines) is 1. The van der Waals surface area contributed by atoms with E-state index in [0.717, 1.165) is 31.9 Å². The van der Waals surface area contributed by atoms with Crippen molar-refractivity contribution in [3.05, 3.63) is 29.5 Å². The molecule has 4 rings (SSSR count). The predicted octanol–water partition coefficient (Wildman–Crippen LogP) is 2.56. The lowest BCUT2D eigenvalue weighted by Crippen LogP contribution is -2.54. The van der Waals surface area contributed by atoms with E-state index in [2.05, 4.69) is 26.7 Å². The van der Waals surface area contributed by atoms with Gasteiger partial charge in [-0.25, -0.2) is 4.39 Å². The second kappa shape index (κ2) is 7.69. The van der Waals surface area contributed by atoms with Crippen LogP contribution in [0.15, 0.2) is 18.0 Å². The van der Waals surface area contributed by atoms with Crippen molar-refractivity contribution < 1.29 is 4.39 Å². The van der Waals surface area contributed by atoms with Crippen LogP contribution in [0.5, 0.6) is 0 Å². The Balaban J connectivity index is 1.47. The number of nitrogens with one attached hydrogen (secondary N) is 1. The first kappa shape index (κ1) is 20.3. The van der Waals surface area contributed by atoms with Crippen molar-refractivity contribution in [2.24, 2.45) is 11.1 Å². The zero-order chi connectivity index (χ0) is 20.8. The Hall–Kier alpha value is -1.99. The zero-order valence-electron chi connectivity index (χ0n) is 17.8. The van der Waals surface area contributed by atoms with Gasteiger partial charge in [0.15, 0.2) is 0 Å². The van der Waals surface area contributed by atoms with E-state index in [0.29, 0.717) is 34.1 Å². The predicted molar refractivity (Wildman–Crippen MR) is 116 cm³/mol. The lowest BCUT2D eigenvalue weighted by Gasteiger charge is -2.47. The van der Waals surface area contributed by atoms with Gasteiger partial charge in [-0.15, -0.1) is 0 Å². The van der Waals surface area contributed by atoms with Crippen molar-refractivity contribution in [2.45, 2.75) is 39.2 Å². The maximum Gasteiger partial charge on any atom is 0.143 e. The standard InChI is InChI=1S/C22H33FN6/c1-15(24)20(16(2)25)21-19(10-17(23)12-26-21)29-8-6-28(7-9-29)18-4-5-22(11-18)13-27(3)14-22/h10,12,18,24H,4-9,11,13-14,25H2,1-3H3/b20-16+,24-15?. The molecule has 6 nitrogen and oxygen atoms in total. The summed E-state index contributed by atoms with van der Waals surface area (Å²) in [4.78, 5) is 11.6. The minimum absolute atomic E-state index is 0.352. The molecule has 1 saturated carbocycles. The van der Waals surface area contributed by atoms with E-state index in [1.165, 1.54) is 38.5 Å². The number of nitrogens with zero attached hydrogens (tertiary/aromatic N) is 4. The number of piperazine rings is 1. The second-order valence-corrected chi connectivity index (χ2v) is 9.30. The van der Waals surface area contributed by atoms with Crippen LogP contribution in [-0.4, -0.2) is 72.9 Å². The number of hydrogen-bond acceptors (Lipinski definition) is 6. The van der Waals surface area contributed by atoms with Crippen LogP contribution in [0, 0.1) is 16.6 Å². The molecule has 3 N–H and O–H groups in total. The van der Waals surface area contributed by atoms with Crippen molar-refractivity contribution in [1.82, 2.24) is 14.8 Å². The molecule has 0 aromatic carbocycles. The average molecular weight is 401 g/mol. The molecule has 1 aliphatic carbocycles. The SMILES string of the molecule is CC(=N)/C(=C(/C)N)c1ncc(F)cc1N1CCN(C2CCC3(C2)CN(C)C3)CC1. The van der Waals surface area contributed by atoms with Gasteiger partial charge >= 0.3 is 0 Å². The van der Waals surface area contributed by atoms with E-state index in [1.807, 2.05) is 0 Å². The summed E-state index contributed by atoms with van der Waals surface area (Å²) in [7, 11) is 2.21. The lowest BCUT2D eigenvalue weighted by atomic mass is 9.78. The van der Waals surface area contributed by atoms with E-state index in [9.17, 15) is 4.39 Å². The lowest BCUT2D eigenvalue weighted by molar-refractivity contribution is 0.0204. The van der Waals surface area contributed by atoms with Crippen LogP contribution in [0.4, 0.5) is 10.1 Å². The van der Waals surface area contributed by atoms with Gasteiger partial charge in [-0.1, -0.05) is 0 Å². The third kappa shape index (κ3) is 3.90. The van der Waals surface area contributed by atoms with Crippen LogP contribution in [0.1, 0.15) is 38.8 Å². The molecule has 1 aromatic heterocycles. The third-order valence-electron chi connectivity index (χ3n) is 6.90. The first-order valence-corrected chi connectivity index (χ1v) is 10.6. The summed E-state index contributed by atoms with van der Waals surface area (Å²) in [6, 6.07) is 2.22. The van der Waals surface area contributed by atoms with Gasteiger partial charge in [0.2, 0.25) is 0 Å². The molecule has 1 unspecified atom stereocenters. The van der Waals surface area contributed by atoms with Gasteiger partial charge in [0.1, 0.15) is 5.82 Å². The molecule has 1 atom stereocenters. The van der Waals surface area contributed by atoms with Gasteiger partial charge in [-0.3, -0.25) is 9.88 Å². The van der Waals surface area contributed by atoms with Crippen LogP contribution >= 0.6 is 0 Å². The van der Waals surface area contributed by atoms with Gasteiger partial charge in [-0.2, -0.15) is 0 Å². The summed E-state index contributed by atoms with van der Waals surface area (Å²) in [6.07, 6.45) is 5.18. The molecule has 2 saturated heterocycles. The average Bonchev–Trinajstić information content (AvgIpc) is 3.08. The second-order valence-electron chi connectivity index (χ2n) is 9.30. The molecule has 29 heavy (non-hydrogen) atoms. The van der Waals surface area contributed by atoms with Crippen molar-refractivity contribution in [2.75, 3.05) is 51.2 Å². The minimum Gasteiger partial charge on any atom is -0.402 e. The molecule has 0 bridgehead atoms. The zero-order valence-corrected chi connectivity index (χ0v) is 17.8. The van der Waals surface area contributed by atoms with Crippen LogP contribution < -0.4 is 10.6 Å². The summed E-state index contributed by atoms with van der Waals surface area (Å²) >= 11 is 0. The molecule has 3 fully saturated rings. The Morgan fingerprint density at radius 3 is 2.52 bits per heavy atom. The van der Waals surface area contributed by atoms with Crippen LogP contribution in [-0.2, 0) is 0 Å². The molecule has 3 heterocycles. The Kier molecular flexibility index (Phi) is 5.38. The number of hydrogen-bond donors (Lipinski definition) is 2. The number of anilines is 1. The Morgan fingerprint density at radius 1 is 1.24 bits per heavy atom. The Labute approximate surface area is 173 Å². The molecule has 158 valence electrons. The van der Waals surface area contributed by atoms with E-state index in [-0.39, 0.29) is 5.82 Å². The normalized spacial score (nSPS) is 25.8. The maximum atomic E-state index is 14.0. The highest BCUT2D eigenvalue weighted by Crippen LogP contribution is 2.46. The largest absolute Gasteiger partial charge is 0.402 e. The van der Waals surface area contributed by atoms with E-state index in [4.69, 9.17) is 11.1 Å². The first-order chi connectivity index (χ1) is 13.8. The number of halogens is 1. The van der Waals surface area contributed by atoms with Gasteiger partial charge in [0.25, 0.3) is 0 Å². The van der Waals surface area contributed by atoms with Gasteiger partial charge in [0, 0.05) is 68.4 Å². The summed E-state index contributed by atoms with van der Waals surface area (Å²) in [6.45, 7) is 9.62. The van der Waals surface area contributed by atoms with E-state index in [1.54, 1.807) is 19.9 Å². The Bertz CT molecular complexity index is 817. The summed E-state index contributed by atoms with van der Waals surface area (Å²) < 4.78 is 14.0. The van der Waals surface area contributed by atoms with Crippen molar-refractivity contribution in [3.63, 3.8) is 0 Å². The highest BCUT2D eigenvalue weighted by molar-refractivity contribution is 6.22. The molecule has 1 aromatic rings. The van der Waals surface area contributed by atoms with Gasteiger partial charge < -0.3 is 20.9 Å². The maximum absolute atomic E-state index is 14.0. The molecular weight excluding hydrogens is 367 g/mol. The highest BCUT2D eigenvalue weighted by atomic mass is 19.1. The number of allylic oxidation sites excluding steroid dienone is 2. The fraction of sp³-hybridized carbons (Fsp3) is 0.636. The van der Waals surface area contributed by atoms with Crippen molar-refractivity contribution in [3.8, 4) is 0 Å². The molecule has 3 aliphatic rings. The summed E-state index contributed by atoms with van der Waals surface area (Å²) in [5, 5.41) is 8.10. The monoisotopic (exact) mass is 400 g/mol. The van der Waals surface area contributed by atoms with Gasteiger partial charge in [-0.05, 0) is 45.6 Å². The first-order valence-electron chi connectivity index (χ1n) is 10.6. The fourth-order valence-corrected chi connectivity index (χ4v) is 5.72. The minimum atomic E-state index is -0.352. The van der Waals surface area contributed by atoms with Gasteiger partial charge in [0.05, 0.1) is 17.6 Å². The van der Waals surface area contributed by atoms with Crippen LogP contribution in [0.25, 0.3) is 5.57 Å². The van der Waals surface area contributed by atoms with E-state index >= 15 is 0 Å². The molecule has 0 amide bonds. The summed E-state index contributed by atoms with van der Waals surface area (Å²) in [5.74, 6) is -0.352. The quantitative estimate of drug-likeness (QED) is 0.760. The smallest absolute Gasteiger partial charge is 0.143 e. The highest BCUT2D eigenvalue weighted by Gasteiger charge is 2.48. The molecule has 7 heteroatoms. The molecular formula is C22H33FN6. The third-order valence-corrected chi connectivity index (χ3v) is 6.90.